The number of hydrogen-bond donors (Lipinski definition) is 1. The van der Waals surface area contributed by atoms with E-state index >= 15 is 0 Å². The summed E-state index contributed by atoms with van der Waals surface area (Å²) >= 11 is 8.96. The van der Waals surface area contributed by atoms with Crippen LogP contribution in [0.3, 0.4) is 0 Å². The summed E-state index contributed by atoms with van der Waals surface area (Å²) in [6.45, 7) is 1.90. The molecule has 1 amide bonds. The van der Waals surface area contributed by atoms with Gasteiger partial charge in [-0.25, -0.2) is 8.42 Å². The minimum absolute atomic E-state index is 0.0633. The normalized spacial score (nSPS) is 11.3. The molecule has 4 aromatic rings. The van der Waals surface area contributed by atoms with Crippen molar-refractivity contribution in [3.8, 4) is 0 Å². The third-order valence-electron chi connectivity index (χ3n) is 5.11. The number of aromatic nitrogens is 2. The molecule has 0 aliphatic heterocycles. The van der Waals surface area contributed by atoms with Gasteiger partial charge in [0.05, 0.1) is 17.1 Å². The van der Waals surface area contributed by atoms with Crippen LogP contribution < -0.4 is 9.62 Å². The fourth-order valence-electron chi connectivity index (χ4n) is 3.31. The summed E-state index contributed by atoms with van der Waals surface area (Å²) in [5, 5.41) is 11.5. The fraction of sp³-hybridized carbons (Fsp3) is 0.125. The minimum atomic E-state index is -3.88. The van der Waals surface area contributed by atoms with E-state index in [0.29, 0.717) is 27.0 Å². The van der Waals surface area contributed by atoms with Gasteiger partial charge in [0.1, 0.15) is 0 Å². The van der Waals surface area contributed by atoms with E-state index in [1.54, 1.807) is 72.8 Å². The Bertz CT molecular complexity index is 1440. The van der Waals surface area contributed by atoms with Gasteiger partial charge in [-0.1, -0.05) is 71.1 Å². The summed E-state index contributed by atoms with van der Waals surface area (Å²) in [5.41, 5.74) is 2.39. The van der Waals surface area contributed by atoms with E-state index in [0.717, 1.165) is 9.90 Å². The van der Waals surface area contributed by atoms with E-state index in [2.05, 4.69) is 15.5 Å². The second-order valence-electron chi connectivity index (χ2n) is 7.48. The summed E-state index contributed by atoms with van der Waals surface area (Å²) in [4.78, 5) is 12.8. The Balaban J connectivity index is 1.62. The highest BCUT2D eigenvalue weighted by molar-refractivity contribution is 8.00. The highest BCUT2D eigenvalue weighted by Gasteiger charge is 2.26. The van der Waals surface area contributed by atoms with Crippen molar-refractivity contribution in [3.05, 3.63) is 94.5 Å². The zero-order chi connectivity index (χ0) is 25.0. The lowest BCUT2D eigenvalue weighted by atomic mass is 10.1. The van der Waals surface area contributed by atoms with Gasteiger partial charge in [-0.3, -0.25) is 14.4 Å². The van der Waals surface area contributed by atoms with Gasteiger partial charge in [0, 0.05) is 10.6 Å². The molecule has 1 aromatic heterocycles. The summed E-state index contributed by atoms with van der Waals surface area (Å²) in [7, 11) is -3.88. The molecule has 0 radical (unpaired) electrons. The number of carbonyl (C=O) groups is 1. The Morgan fingerprint density at radius 3 is 2.43 bits per heavy atom. The number of anilines is 2. The van der Waals surface area contributed by atoms with Crippen molar-refractivity contribution in [2.24, 2.45) is 0 Å². The lowest BCUT2D eigenvalue weighted by Crippen LogP contribution is -2.31. The van der Waals surface area contributed by atoms with Crippen LogP contribution in [0.5, 0.6) is 0 Å². The highest BCUT2D eigenvalue weighted by atomic mass is 35.5. The molecule has 0 aliphatic carbocycles. The molecule has 0 spiro atoms. The van der Waals surface area contributed by atoms with Gasteiger partial charge in [-0.2, -0.15) is 0 Å². The van der Waals surface area contributed by atoms with Crippen LogP contribution in [-0.2, 0) is 16.6 Å². The Hall–Kier alpha value is -2.92. The number of aryl methyl sites for hydroxylation is 1. The second kappa shape index (κ2) is 10.8. The first-order chi connectivity index (χ1) is 16.8. The van der Waals surface area contributed by atoms with Crippen molar-refractivity contribution in [1.29, 1.82) is 0 Å². The Morgan fingerprint density at radius 2 is 1.77 bits per heavy atom. The molecule has 11 heteroatoms. The zero-order valence-corrected chi connectivity index (χ0v) is 22.0. The Kier molecular flexibility index (Phi) is 7.75. The van der Waals surface area contributed by atoms with Crippen molar-refractivity contribution >= 4 is 61.4 Å². The SMILES string of the molecule is CSc1nnc(NC(=O)c2ccc(CN(c3cc(Cl)ccc3C)S(=O)(=O)c3ccccc3)cc2)s1. The average molecular weight is 545 g/mol. The number of nitrogens with zero attached hydrogens (tertiary/aromatic N) is 3. The topological polar surface area (TPSA) is 92.3 Å². The lowest BCUT2D eigenvalue weighted by molar-refractivity contribution is 0.102. The average Bonchev–Trinajstić information content (AvgIpc) is 3.32. The summed E-state index contributed by atoms with van der Waals surface area (Å²) in [6, 6.07) is 20.2. The monoisotopic (exact) mass is 544 g/mol. The molecule has 7 nitrogen and oxygen atoms in total. The number of nitrogens with one attached hydrogen (secondary N) is 1. The van der Waals surface area contributed by atoms with Crippen LogP contribution in [0.4, 0.5) is 10.8 Å². The molecule has 4 rings (SSSR count). The van der Waals surface area contributed by atoms with Gasteiger partial charge in [0.15, 0.2) is 4.34 Å². The first-order valence-electron chi connectivity index (χ1n) is 10.4. The number of amides is 1. The molecule has 1 N–H and O–H groups in total. The van der Waals surface area contributed by atoms with Crippen molar-refractivity contribution in [1.82, 2.24) is 10.2 Å². The maximum absolute atomic E-state index is 13.6. The van der Waals surface area contributed by atoms with E-state index in [9.17, 15) is 13.2 Å². The van der Waals surface area contributed by atoms with Crippen molar-refractivity contribution in [2.45, 2.75) is 22.7 Å². The van der Waals surface area contributed by atoms with E-state index < -0.39 is 10.0 Å². The number of thioether (sulfide) groups is 1. The fourth-order valence-corrected chi connectivity index (χ4v) is 6.17. The first kappa shape index (κ1) is 25.2. The smallest absolute Gasteiger partial charge is 0.264 e. The van der Waals surface area contributed by atoms with Gasteiger partial charge in [-0.15, -0.1) is 10.2 Å². The third kappa shape index (κ3) is 5.84. The largest absolute Gasteiger partial charge is 0.296 e. The predicted octanol–water partition coefficient (Wildman–Crippen LogP) is 5.87. The summed E-state index contributed by atoms with van der Waals surface area (Å²) in [6.07, 6.45) is 1.89. The number of carbonyl (C=O) groups excluding carboxylic acids is 1. The quantitative estimate of drug-likeness (QED) is 0.220. The maximum atomic E-state index is 13.6. The van der Waals surface area contributed by atoms with Crippen LogP contribution in [0, 0.1) is 6.92 Å². The van der Waals surface area contributed by atoms with Crippen LogP contribution in [0.1, 0.15) is 21.5 Å². The second-order valence-corrected chi connectivity index (χ2v) is 11.8. The van der Waals surface area contributed by atoms with Crippen molar-refractivity contribution in [3.63, 3.8) is 0 Å². The van der Waals surface area contributed by atoms with Gasteiger partial charge < -0.3 is 0 Å². The Morgan fingerprint density at radius 1 is 1.06 bits per heavy atom. The molecule has 3 aromatic carbocycles. The molecular formula is C24H21ClN4O3S3. The Labute approximate surface area is 217 Å². The molecule has 0 aliphatic rings. The summed E-state index contributed by atoms with van der Waals surface area (Å²) < 4.78 is 29.3. The van der Waals surface area contributed by atoms with E-state index in [-0.39, 0.29) is 17.3 Å². The number of halogens is 1. The standard InChI is InChI=1S/C24H21ClN4O3S3/c1-16-8-13-19(25)14-21(16)29(35(31,32)20-6-4-3-5-7-20)15-17-9-11-18(12-10-17)22(30)26-23-27-28-24(33-2)34-23/h3-14H,15H2,1-2H3,(H,26,27,30). The number of benzene rings is 3. The zero-order valence-electron chi connectivity index (χ0n) is 18.8. The molecule has 0 fully saturated rings. The maximum Gasteiger partial charge on any atom is 0.264 e. The molecule has 0 unspecified atom stereocenters. The van der Waals surface area contributed by atoms with Crippen LogP contribution in [-0.4, -0.2) is 30.8 Å². The van der Waals surface area contributed by atoms with Crippen LogP contribution in [0.15, 0.2) is 82.0 Å². The van der Waals surface area contributed by atoms with Crippen LogP contribution >= 0.6 is 34.7 Å². The molecule has 35 heavy (non-hydrogen) atoms. The summed E-state index contributed by atoms with van der Waals surface area (Å²) in [5.74, 6) is -0.320. The highest BCUT2D eigenvalue weighted by Crippen LogP contribution is 2.31. The van der Waals surface area contributed by atoms with E-state index in [1.807, 2.05) is 13.2 Å². The molecule has 0 bridgehead atoms. The molecule has 0 saturated heterocycles. The lowest BCUT2D eigenvalue weighted by Gasteiger charge is -2.26. The van der Waals surface area contributed by atoms with Crippen molar-refractivity contribution < 1.29 is 13.2 Å². The number of rotatable bonds is 8. The molecule has 1 heterocycles. The third-order valence-corrected chi connectivity index (χ3v) is 8.94. The molecule has 180 valence electrons. The molecule has 0 saturated carbocycles. The molecular weight excluding hydrogens is 524 g/mol. The number of hydrogen-bond acceptors (Lipinski definition) is 7. The van der Waals surface area contributed by atoms with Gasteiger partial charge in [-0.05, 0) is 60.7 Å². The van der Waals surface area contributed by atoms with Crippen LogP contribution in [0.2, 0.25) is 5.02 Å². The predicted molar refractivity (Wildman–Crippen MR) is 142 cm³/mol. The van der Waals surface area contributed by atoms with Gasteiger partial charge in [0.2, 0.25) is 5.13 Å². The van der Waals surface area contributed by atoms with Crippen molar-refractivity contribution in [2.75, 3.05) is 15.9 Å². The van der Waals surface area contributed by atoms with Gasteiger partial charge in [0.25, 0.3) is 15.9 Å². The first-order valence-corrected chi connectivity index (χ1v) is 14.3. The van der Waals surface area contributed by atoms with E-state index in [1.165, 1.54) is 27.4 Å². The minimum Gasteiger partial charge on any atom is -0.296 e. The molecule has 0 atom stereocenters. The van der Waals surface area contributed by atoms with E-state index in [4.69, 9.17) is 11.6 Å². The van der Waals surface area contributed by atoms with Gasteiger partial charge >= 0.3 is 0 Å². The number of sulfonamides is 1. The van der Waals surface area contributed by atoms with Crippen LogP contribution in [0.25, 0.3) is 0 Å².